The molecule has 0 aromatic rings. The summed E-state index contributed by atoms with van der Waals surface area (Å²) < 4.78 is 0. The second-order valence-corrected chi connectivity index (χ2v) is 4.17. The van der Waals surface area contributed by atoms with Gasteiger partial charge in [0.05, 0.1) is 0 Å². The van der Waals surface area contributed by atoms with E-state index in [1.165, 1.54) is 24.8 Å². The molecule has 0 aliphatic carbocycles. The van der Waals surface area contributed by atoms with Gasteiger partial charge in [-0.05, 0) is 45.4 Å². The van der Waals surface area contributed by atoms with Crippen molar-refractivity contribution in [3.8, 4) is 0 Å². The third kappa shape index (κ3) is 8.13. The highest BCUT2D eigenvalue weighted by Crippen LogP contribution is 2.13. The van der Waals surface area contributed by atoms with Crippen LogP contribution >= 0.6 is 11.6 Å². The summed E-state index contributed by atoms with van der Waals surface area (Å²) in [4.78, 5) is 0. The van der Waals surface area contributed by atoms with E-state index in [0.29, 0.717) is 0 Å². The molecule has 0 aromatic carbocycles. The predicted molar refractivity (Wildman–Crippen MR) is 57.8 cm³/mol. The first-order valence-electron chi connectivity index (χ1n) is 4.86. The van der Waals surface area contributed by atoms with Gasteiger partial charge in [0.2, 0.25) is 0 Å². The first-order chi connectivity index (χ1) is 5.66. The van der Waals surface area contributed by atoms with E-state index in [2.05, 4.69) is 26.8 Å². The van der Waals surface area contributed by atoms with Crippen molar-refractivity contribution in [2.75, 3.05) is 5.88 Å². The molecule has 0 radical (unpaired) electrons. The van der Waals surface area contributed by atoms with Crippen LogP contribution in [0.1, 0.15) is 46.5 Å². The zero-order valence-corrected chi connectivity index (χ0v) is 9.32. The number of hydrogen-bond donors (Lipinski definition) is 0. The summed E-state index contributed by atoms with van der Waals surface area (Å²) in [5, 5.41) is 0. The lowest BCUT2D eigenvalue weighted by molar-refractivity contribution is 0.491. The first kappa shape index (κ1) is 12.0. The molecule has 0 unspecified atom stereocenters. The Morgan fingerprint density at radius 3 is 2.50 bits per heavy atom. The Labute approximate surface area is 82.0 Å². The van der Waals surface area contributed by atoms with Crippen LogP contribution in [-0.4, -0.2) is 5.88 Å². The highest BCUT2D eigenvalue weighted by atomic mass is 35.5. The van der Waals surface area contributed by atoms with Gasteiger partial charge < -0.3 is 0 Å². The average Bonchev–Trinajstić information content (AvgIpc) is 2.00. The minimum atomic E-state index is 0.812. The zero-order chi connectivity index (χ0) is 9.40. The van der Waals surface area contributed by atoms with Crippen molar-refractivity contribution in [1.82, 2.24) is 0 Å². The summed E-state index contributed by atoms with van der Waals surface area (Å²) in [6, 6.07) is 0. The minimum Gasteiger partial charge on any atom is -0.127 e. The second-order valence-electron chi connectivity index (χ2n) is 3.80. The molecular formula is C11H21Cl. The van der Waals surface area contributed by atoms with Gasteiger partial charge in [0.25, 0.3) is 0 Å². The number of allylic oxidation sites excluding steroid dienone is 2. The van der Waals surface area contributed by atoms with E-state index in [1.807, 2.05) is 0 Å². The monoisotopic (exact) mass is 188 g/mol. The fourth-order valence-corrected chi connectivity index (χ4v) is 1.38. The molecule has 0 saturated carbocycles. The van der Waals surface area contributed by atoms with Gasteiger partial charge in [-0.15, -0.1) is 11.6 Å². The molecule has 1 atom stereocenters. The maximum atomic E-state index is 5.62. The highest BCUT2D eigenvalue weighted by molar-refractivity contribution is 6.17. The molecule has 1 heteroatoms. The largest absolute Gasteiger partial charge is 0.127 e. The molecule has 0 amide bonds. The van der Waals surface area contributed by atoms with Crippen LogP contribution in [0.15, 0.2) is 11.6 Å². The molecule has 0 aromatic heterocycles. The SMILES string of the molecule is CC(C)=CCC[C@H](C)CCCCl. The van der Waals surface area contributed by atoms with Crippen molar-refractivity contribution in [1.29, 1.82) is 0 Å². The molecule has 0 aliphatic rings. The van der Waals surface area contributed by atoms with Crippen molar-refractivity contribution in [2.45, 2.75) is 46.5 Å². The van der Waals surface area contributed by atoms with Crippen LogP contribution in [0.5, 0.6) is 0 Å². The van der Waals surface area contributed by atoms with E-state index >= 15 is 0 Å². The van der Waals surface area contributed by atoms with Gasteiger partial charge >= 0.3 is 0 Å². The van der Waals surface area contributed by atoms with Crippen molar-refractivity contribution in [2.24, 2.45) is 5.92 Å². The van der Waals surface area contributed by atoms with Gasteiger partial charge in [-0.3, -0.25) is 0 Å². The molecule has 72 valence electrons. The third-order valence-electron chi connectivity index (χ3n) is 2.04. The molecule has 0 nitrogen and oxygen atoms in total. The molecule has 0 spiro atoms. The molecule has 0 rings (SSSR count). The molecule has 0 bridgehead atoms. The van der Waals surface area contributed by atoms with Gasteiger partial charge in [0.1, 0.15) is 0 Å². The van der Waals surface area contributed by atoms with Crippen LogP contribution in [0.4, 0.5) is 0 Å². The standard InChI is InChI=1S/C11H21Cl/c1-10(2)6-4-7-11(3)8-5-9-12/h6,11H,4-5,7-9H2,1-3H3/t11-/m0/s1. The third-order valence-corrected chi connectivity index (χ3v) is 2.31. The van der Waals surface area contributed by atoms with Crippen LogP contribution in [0, 0.1) is 5.92 Å². The van der Waals surface area contributed by atoms with Crippen LogP contribution < -0.4 is 0 Å². The number of alkyl halides is 1. The predicted octanol–water partition coefficient (Wildman–Crippen LogP) is 4.39. The maximum Gasteiger partial charge on any atom is 0.0223 e. The van der Waals surface area contributed by atoms with Gasteiger partial charge in [-0.1, -0.05) is 18.6 Å². The Hall–Kier alpha value is 0.0300. The molecule has 0 aliphatic heterocycles. The lowest BCUT2D eigenvalue weighted by Crippen LogP contribution is -1.94. The zero-order valence-electron chi connectivity index (χ0n) is 8.57. The quantitative estimate of drug-likeness (QED) is 0.429. The normalized spacial score (nSPS) is 12.7. The Balaban J connectivity index is 3.31. The molecule has 0 saturated heterocycles. The van der Waals surface area contributed by atoms with Crippen LogP contribution in [-0.2, 0) is 0 Å². The van der Waals surface area contributed by atoms with Crippen molar-refractivity contribution < 1.29 is 0 Å². The lowest BCUT2D eigenvalue weighted by Gasteiger charge is -2.07. The average molecular weight is 189 g/mol. The van der Waals surface area contributed by atoms with Gasteiger partial charge in [0, 0.05) is 5.88 Å². The Morgan fingerprint density at radius 2 is 2.00 bits per heavy atom. The summed E-state index contributed by atoms with van der Waals surface area (Å²) in [7, 11) is 0. The fourth-order valence-electron chi connectivity index (χ4n) is 1.23. The Morgan fingerprint density at radius 1 is 1.33 bits per heavy atom. The Kier molecular flexibility index (Phi) is 7.69. The molecule has 0 fully saturated rings. The van der Waals surface area contributed by atoms with Gasteiger partial charge in [-0.2, -0.15) is 0 Å². The van der Waals surface area contributed by atoms with Crippen molar-refractivity contribution in [3.63, 3.8) is 0 Å². The van der Waals surface area contributed by atoms with Gasteiger partial charge in [-0.25, -0.2) is 0 Å². The minimum absolute atomic E-state index is 0.812. The number of rotatable bonds is 6. The lowest BCUT2D eigenvalue weighted by atomic mass is 10.00. The van der Waals surface area contributed by atoms with E-state index in [0.717, 1.165) is 18.2 Å². The van der Waals surface area contributed by atoms with Crippen molar-refractivity contribution in [3.05, 3.63) is 11.6 Å². The van der Waals surface area contributed by atoms with Crippen molar-refractivity contribution >= 4 is 11.6 Å². The molecule has 0 N–H and O–H groups in total. The summed E-state index contributed by atoms with van der Waals surface area (Å²) in [6.07, 6.45) is 7.29. The topological polar surface area (TPSA) is 0 Å². The summed E-state index contributed by atoms with van der Waals surface area (Å²) >= 11 is 5.62. The van der Waals surface area contributed by atoms with E-state index in [9.17, 15) is 0 Å². The number of hydrogen-bond acceptors (Lipinski definition) is 0. The molecule has 12 heavy (non-hydrogen) atoms. The molecular weight excluding hydrogens is 168 g/mol. The Bertz CT molecular complexity index is 123. The summed E-state index contributed by atoms with van der Waals surface area (Å²) in [6.45, 7) is 6.62. The summed E-state index contributed by atoms with van der Waals surface area (Å²) in [5.41, 5.74) is 1.43. The second kappa shape index (κ2) is 7.67. The maximum absolute atomic E-state index is 5.62. The first-order valence-corrected chi connectivity index (χ1v) is 5.39. The molecule has 0 heterocycles. The van der Waals surface area contributed by atoms with E-state index < -0.39 is 0 Å². The van der Waals surface area contributed by atoms with Crippen LogP contribution in [0.3, 0.4) is 0 Å². The summed E-state index contributed by atoms with van der Waals surface area (Å²) in [5.74, 6) is 1.65. The van der Waals surface area contributed by atoms with Crippen LogP contribution in [0.25, 0.3) is 0 Å². The van der Waals surface area contributed by atoms with Crippen LogP contribution in [0.2, 0.25) is 0 Å². The van der Waals surface area contributed by atoms with E-state index in [4.69, 9.17) is 11.6 Å². The van der Waals surface area contributed by atoms with Gasteiger partial charge in [0.15, 0.2) is 0 Å². The van der Waals surface area contributed by atoms with E-state index in [-0.39, 0.29) is 0 Å². The smallest absolute Gasteiger partial charge is 0.0223 e. The highest BCUT2D eigenvalue weighted by Gasteiger charge is 1.99. The number of halogens is 1. The fraction of sp³-hybridized carbons (Fsp3) is 0.818. The van der Waals surface area contributed by atoms with E-state index in [1.54, 1.807) is 0 Å².